The molecule has 2 unspecified atom stereocenters. The molecule has 1 aliphatic rings. The van der Waals surface area contributed by atoms with E-state index in [4.69, 9.17) is 0 Å². The van der Waals surface area contributed by atoms with Gasteiger partial charge in [0.1, 0.15) is 0 Å². The van der Waals surface area contributed by atoms with Crippen LogP contribution in [0.5, 0.6) is 0 Å². The number of likely N-dealkylation sites (tertiary alicyclic amines) is 1. The molecule has 0 spiro atoms. The van der Waals surface area contributed by atoms with Gasteiger partial charge in [0.15, 0.2) is 0 Å². The topological polar surface area (TPSA) is 20.3 Å². The van der Waals surface area contributed by atoms with Crippen LogP contribution in [0.25, 0.3) is 0 Å². The second-order valence-corrected chi connectivity index (χ2v) is 7.05. The number of nitrogens with zero attached hydrogens (tertiary/aromatic N) is 1. The Morgan fingerprint density at radius 2 is 2.17 bits per heavy atom. The Labute approximate surface area is 125 Å². The molecule has 98 valence electrons. The number of hydrogen-bond donors (Lipinski definition) is 0. The van der Waals surface area contributed by atoms with E-state index in [1.165, 1.54) is 0 Å². The third-order valence-corrected chi connectivity index (χ3v) is 5.49. The summed E-state index contributed by atoms with van der Waals surface area (Å²) < 4.78 is 0.881. The summed E-state index contributed by atoms with van der Waals surface area (Å²) >= 11 is 7.13. The Morgan fingerprint density at radius 3 is 2.83 bits per heavy atom. The molecule has 4 heteroatoms. The van der Waals surface area contributed by atoms with Crippen LogP contribution in [0.1, 0.15) is 29.3 Å². The lowest BCUT2D eigenvalue weighted by molar-refractivity contribution is 0.0689. The highest BCUT2D eigenvalue weighted by molar-refractivity contribution is 9.10. The minimum Gasteiger partial charge on any atom is -0.338 e. The lowest BCUT2D eigenvalue weighted by atomic mass is 9.99. The number of hydrogen-bond acceptors (Lipinski definition) is 1. The average molecular weight is 375 g/mol. The molecule has 1 amide bonds. The Hall–Kier alpha value is -0.350. The van der Waals surface area contributed by atoms with E-state index in [0.717, 1.165) is 35.1 Å². The van der Waals surface area contributed by atoms with Crippen molar-refractivity contribution in [3.05, 3.63) is 33.8 Å². The van der Waals surface area contributed by atoms with Crippen LogP contribution in [-0.2, 0) is 0 Å². The molecule has 1 fully saturated rings. The molecular formula is C14H17Br2NO. The molecule has 1 aliphatic heterocycles. The first kappa shape index (κ1) is 14.1. The number of halogens is 2. The van der Waals surface area contributed by atoms with E-state index in [2.05, 4.69) is 38.8 Å². The summed E-state index contributed by atoms with van der Waals surface area (Å²) in [5.74, 6) is 0.642. The fourth-order valence-corrected chi connectivity index (χ4v) is 3.06. The highest BCUT2D eigenvalue weighted by atomic mass is 79.9. The van der Waals surface area contributed by atoms with Crippen LogP contribution in [0.3, 0.4) is 0 Å². The number of aryl methyl sites for hydroxylation is 1. The van der Waals surface area contributed by atoms with Crippen molar-refractivity contribution >= 4 is 37.8 Å². The van der Waals surface area contributed by atoms with Gasteiger partial charge in [-0.25, -0.2) is 0 Å². The van der Waals surface area contributed by atoms with Gasteiger partial charge in [-0.2, -0.15) is 0 Å². The SMILES string of the molecule is Cc1ccc(Br)c(C(=O)N2CCC(Br)C(C)C2)c1. The molecule has 2 atom stereocenters. The predicted octanol–water partition coefficient (Wildman–Crippen LogP) is 4.00. The monoisotopic (exact) mass is 373 g/mol. The molecule has 1 saturated heterocycles. The summed E-state index contributed by atoms with van der Waals surface area (Å²) in [5, 5.41) is 0. The summed E-state index contributed by atoms with van der Waals surface area (Å²) in [4.78, 5) is 15.0. The van der Waals surface area contributed by atoms with Gasteiger partial charge in [-0.1, -0.05) is 34.5 Å². The summed E-state index contributed by atoms with van der Waals surface area (Å²) in [7, 11) is 0. The van der Waals surface area contributed by atoms with Crippen molar-refractivity contribution in [3.63, 3.8) is 0 Å². The number of alkyl halides is 1. The van der Waals surface area contributed by atoms with Crippen molar-refractivity contribution in [1.82, 2.24) is 4.90 Å². The van der Waals surface area contributed by atoms with Gasteiger partial charge in [-0.3, -0.25) is 4.79 Å². The normalized spacial score (nSPS) is 24.1. The zero-order valence-corrected chi connectivity index (χ0v) is 13.8. The van der Waals surface area contributed by atoms with E-state index in [-0.39, 0.29) is 5.91 Å². The number of piperidine rings is 1. The number of amides is 1. The molecule has 0 radical (unpaired) electrons. The van der Waals surface area contributed by atoms with Crippen LogP contribution < -0.4 is 0 Å². The maximum absolute atomic E-state index is 12.5. The first-order chi connectivity index (χ1) is 8.49. The first-order valence-corrected chi connectivity index (χ1v) is 7.89. The number of benzene rings is 1. The fraction of sp³-hybridized carbons (Fsp3) is 0.500. The van der Waals surface area contributed by atoms with Crippen molar-refractivity contribution < 1.29 is 4.79 Å². The van der Waals surface area contributed by atoms with Crippen molar-refractivity contribution in [1.29, 1.82) is 0 Å². The largest absolute Gasteiger partial charge is 0.338 e. The van der Waals surface area contributed by atoms with Gasteiger partial charge >= 0.3 is 0 Å². The minimum atomic E-state index is 0.136. The van der Waals surface area contributed by atoms with E-state index < -0.39 is 0 Å². The third kappa shape index (κ3) is 2.97. The van der Waals surface area contributed by atoms with E-state index in [1.807, 2.05) is 30.0 Å². The Kier molecular flexibility index (Phi) is 4.49. The smallest absolute Gasteiger partial charge is 0.255 e. The first-order valence-electron chi connectivity index (χ1n) is 6.18. The maximum atomic E-state index is 12.5. The Bertz CT molecular complexity index is 461. The number of rotatable bonds is 1. The molecule has 2 nitrogen and oxygen atoms in total. The maximum Gasteiger partial charge on any atom is 0.255 e. The average Bonchev–Trinajstić information content (AvgIpc) is 2.35. The molecule has 1 heterocycles. The minimum absolute atomic E-state index is 0.136. The van der Waals surface area contributed by atoms with Gasteiger partial charge in [-0.15, -0.1) is 0 Å². The van der Waals surface area contributed by atoms with Crippen molar-refractivity contribution in [2.24, 2.45) is 5.92 Å². The number of carbonyl (C=O) groups excluding carboxylic acids is 1. The van der Waals surface area contributed by atoms with Crippen molar-refractivity contribution in [3.8, 4) is 0 Å². The van der Waals surface area contributed by atoms with E-state index in [9.17, 15) is 4.79 Å². The zero-order valence-electron chi connectivity index (χ0n) is 10.6. The summed E-state index contributed by atoms with van der Waals surface area (Å²) in [6, 6.07) is 5.91. The van der Waals surface area contributed by atoms with E-state index in [1.54, 1.807) is 0 Å². The van der Waals surface area contributed by atoms with Gasteiger partial charge in [0.25, 0.3) is 5.91 Å². The van der Waals surface area contributed by atoms with Gasteiger partial charge in [-0.05, 0) is 47.3 Å². The van der Waals surface area contributed by atoms with Gasteiger partial charge in [0.2, 0.25) is 0 Å². The van der Waals surface area contributed by atoms with Crippen molar-refractivity contribution in [2.45, 2.75) is 25.1 Å². The lowest BCUT2D eigenvalue weighted by Crippen LogP contribution is -2.43. The quantitative estimate of drug-likeness (QED) is 0.680. The van der Waals surface area contributed by atoms with Crippen molar-refractivity contribution in [2.75, 3.05) is 13.1 Å². The standard InChI is InChI=1S/C14H17Br2NO/c1-9-3-4-13(16)11(7-9)14(18)17-6-5-12(15)10(2)8-17/h3-4,7,10,12H,5-6,8H2,1-2H3. The Balaban J connectivity index is 2.19. The Morgan fingerprint density at radius 1 is 1.44 bits per heavy atom. The molecular weight excluding hydrogens is 358 g/mol. The van der Waals surface area contributed by atoms with E-state index >= 15 is 0 Å². The molecule has 1 aromatic rings. The fourth-order valence-electron chi connectivity index (χ4n) is 2.27. The molecule has 0 aliphatic carbocycles. The van der Waals surface area contributed by atoms with Crippen LogP contribution in [-0.4, -0.2) is 28.7 Å². The zero-order chi connectivity index (χ0) is 13.3. The van der Waals surface area contributed by atoms with Crippen LogP contribution in [0.4, 0.5) is 0 Å². The molecule has 0 N–H and O–H groups in total. The van der Waals surface area contributed by atoms with E-state index in [0.29, 0.717) is 10.7 Å². The van der Waals surface area contributed by atoms with Crippen LogP contribution in [0, 0.1) is 12.8 Å². The van der Waals surface area contributed by atoms with Gasteiger partial charge in [0, 0.05) is 22.4 Å². The lowest BCUT2D eigenvalue weighted by Gasteiger charge is -2.34. The highest BCUT2D eigenvalue weighted by Crippen LogP contribution is 2.26. The predicted molar refractivity (Wildman–Crippen MR) is 81.3 cm³/mol. The molecule has 2 rings (SSSR count). The summed E-state index contributed by atoms with van der Waals surface area (Å²) in [6.07, 6.45) is 1.02. The highest BCUT2D eigenvalue weighted by Gasteiger charge is 2.28. The third-order valence-electron chi connectivity index (χ3n) is 3.44. The second-order valence-electron chi connectivity index (χ2n) is 5.02. The summed E-state index contributed by atoms with van der Waals surface area (Å²) in [6.45, 7) is 5.86. The molecule has 1 aromatic carbocycles. The molecule has 0 bridgehead atoms. The number of carbonyl (C=O) groups is 1. The van der Waals surface area contributed by atoms with Gasteiger partial charge in [0.05, 0.1) is 5.56 Å². The van der Waals surface area contributed by atoms with Crippen LogP contribution in [0.15, 0.2) is 22.7 Å². The molecule has 0 saturated carbocycles. The van der Waals surface area contributed by atoms with Gasteiger partial charge < -0.3 is 4.90 Å². The molecule has 0 aromatic heterocycles. The second kappa shape index (κ2) is 5.74. The molecule has 18 heavy (non-hydrogen) atoms. The summed E-state index contributed by atoms with van der Waals surface area (Å²) in [5.41, 5.74) is 1.89. The van der Waals surface area contributed by atoms with Crippen LogP contribution >= 0.6 is 31.9 Å². The van der Waals surface area contributed by atoms with Crippen LogP contribution in [0.2, 0.25) is 0 Å².